The van der Waals surface area contributed by atoms with Crippen LogP contribution in [0.3, 0.4) is 0 Å². The average molecular weight is 536 g/mol. The van der Waals surface area contributed by atoms with Crippen LogP contribution in [0.5, 0.6) is 17.2 Å². The third-order valence-electron chi connectivity index (χ3n) is 12.4. The van der Waals surface area contributed by atoms with Gasteiger partial charge in [-0.1, -0.05) is 25.5 Å². The van der Waals surface area contributed by atoms with Crippen molar-refractivity contribution < 1.29 is 24.1 Å². The maximum absolute atomic E-state index is 14.3. The number of methoxy groups -OCH3 is 1. The minimum Gasteiger partial charge on any atom is -0.492 e. The highest BCUT2D eigenvalue weighted by molar-refractivity contribution is 5.83. The normalized spacial score (nSPS) is 40.7. The summed E-state index contributed by atoms with van der Waals surface area (Å²) < 4.78 is 17.4. The van der Waals surface area contributed by atoms with Gasteiger partial charge in [0.2, 0.25) is 12.5 Å². The highest BCUT2D eigenvalue weighted by Gasteiger charge is 2.60. The molecule has 0 spiro atoms. The second-order valence-corrected chi connectivity index (χ2v) is 14.0. The fraction of sp³-hybridized carbons (Fsp3) is 0.727. The number of rotatable bonds is 4. The first-order chi connectivity index (χ1) is 18.7. The van der Waals surface area contributed by atoms with Gasteiger partial charge in [0, 0.05) is 30.5 Å². The molecule has 6 aliphatic rings. The molecule has 39 heavy (non-hydrogen) atoms. The SMILES string of the molecule is COc1c2c(cc3c1[C@@H](CC(=O)[C@H]1CC[C@H]4[C@@H]5CC=C6C[C@@H](O)CC[C@]6(C)[C@H]5CC[C@]14C)N(C)CC3)OCO2. The lowest BCUT2D eigenvalue weighted by molar-refractivity contribution is -0.131. The molecule has 6 nitrogen and oxygen atoms in total. The highest BCUT2D eigenvalue weighted by Crippen LogP contribution is 2.66. The van der Waals surface area contributed by atoms with E-state index in [9.17, 15) is 9.90 Å². The van der Waals surface area contributed by atoms with Crippen LogP contribution >= 0.6 is 0 Å². The average Bonchev–Trinajstić information content (AvgIpc) is 3.53. The van der Waals surface area contributed by atoms with E-state index in [0.717, 1.165) is 68.6 Å². The zero-order chi connectivity index (χ0) is 27.1. The molecular formula is C33H45NO5. The predicted octanol–water partition coefficient (Wildman–Crippen LogP) is 5.85. The van der Waals surface area contributed by atoms with E-state index in [-0.39, 0.29) is 35.7 Å². The van der Waals surface area contributed by atoms with Crippen LogP contribution in [0.15, 0.2) is 17.7 Å². The molecule has 3 fully saturated rings. The largest absolute Gasteiger partial charge is 0.492 e. The summed E-state index contributed by atoms with van der Waals surface area (Å²) in [5.74, 6) is 4.74. The van der Waals surface area contributed by atoms with Crippen molar-refractivity contribution in [2.75, 3.05) is 27.5 Å². The van der Waals surface area contributed by atoms with Crippen molar-refractivity contribution >= 4 is 5.78 Å². The van der Waals surface area contributed by atoms with Crippen molar-refractivity contribution in [1.82, 2.24) is 4.90 Å². The summed E-state index contributed by atoms with van der Waals surface area (Å²) in [6.45, 7) is 6.07. The van der Waals surface area contributed by atoms with Crippen molar-refractivity contribution in [2.24, 2.45) is 34.5 Å². The smallest absolute Gasteiger partial charge is 0.231 e. The number of likely N-dealkylation sites (N-methyl/N-ethyl adjacent to an activating group) is 1. The third kappa shape index (κ3) is 3.76. The van der Waals surface area contributed by atoms with Gasteiger partial charge in [-0.2, -0.15) is 0 Å². The molecule has 1 aromatic carbocycles. The van der Waals surface area contributed by atoms with E-state index in [1.54, 1.807) is 7.11 Å². The number of aliphatic hydroxyl groups excluding tert-OH is 1. The lowest BCUT2D eigenvalue weighted by Crippen LogP contribution is -2.51. The van der Waals surface area contributed by atoms with E-state index in [1.165, 1.54) is 24.0 Å². The number of nitrogens with zero attached hydrogens (tertiary/aromatic N) is 1. The summed E-state index contributed by atoms with van der Waals surface area (Å²) >= 11 is 0. The van der Waals surface area contributed by atoms with Gasteiger partial charge in [-0.3, -0.25) is 9.69 Å². The van der Waals surface area contributed by atoms with Crippen molar-refractivity contribution in [3.63, 3.8) is 0 Å². The maximum Gasteiger partial charge on any atom is 0.231 e. The fourth-order valence-electron chi connectivity index (χ4n) is 10.3. The summed E-state index contributed by atoms with van der Waals surface area (Å²) in [6.07, 6.45) is 12.4. The van der Waals surface area contributed by atoms with Crippen LogP contribution in [-0.4, -0.2) is 49.4 Å². The maximum atomic E-state index is 14.3. The van der Waals surface area contributed by atoms with Crippen molar-refractivity contribution in [2.45, 2.75) is 90.2 Å². The van der Waals surface area contributed by atoms with Crippen molar-refractivity contribution in [3.8, 4) is 17.2 Å². The Morgan fingerprint density at radius 3 is 2.82 bits per heavy atom. The van der Waals surface area contributed by atoms with E-state index in [0.29, 0.717) is 35.7 Å². The molecule has 8 atom stereocenters. The van der Waals surface area contributed by atoms with Gasteiger partial charge in [-0.15, -0.1) is 0 Å². The molecule has 6 heteroatoms. The van der Waals surface area contributed by atoms with Gasteiger partial charge in [0.1, 0.15) is 5.78 Å². The van der Waals surface area contributed by atoms with Gasteiger partial charge < -0.3 is 19.3 Å². The van der Waals surface area contributed by atoms with Gasteiger partial charge in [-0.05, 0) is 105 Å². The monoisotopic (exact) mass is 535 g/mol. The Morgan fingerprint density at radius 2 is 2.00 bits per heavy atom. The number of ether oxygens (including phenoxy) is 3. The molecule has 3 saturated carbocycles. The first-order valence-electron chi connectivity index (χ1n) is 15.3. The molecule has 7 rings (SSSR count). The number of ketones is 1. The Kier molecular flexibility index (Phi) is 6.13. The van der Waals surface area contributed by atoms with Crippen molar-refractivity contribution in [1.29, 1.82) is 0 Å². The van der Waals surface area contributed by atoms with E-state index >= 15 is 0 Å². The van der Waals surface area contributed by atoms with Gasteiger partial charge in [0.15, 0.2) is 11.5 Å². The minimum atomic E-state index is -0.162. The molecule has 2 aliphatic heterocycles. The molecule has 0 amide bonds. The molecular weight excluding hydrogens is 490 g/mol. The topological polar surface area (TPSA) is 68.2 Å². The van der Waals surface area contributed by atoms with Crippen LogP contribution in [0.1, 0.15) is 88.8 Å². The lowest BCUT2D eigenvalue weighted by atomic mass is 9.47. The summed E-state index contributed by atoms with van der Waals surface area (Å²) in [5, 5.41) is 10.3. The molecule has 1 aromatic rings. The van der Waals surface area contributed by atoms with Gasteiger partial charge in [0.25, 0.3) is 0 Å². The highest BCUT2D eigenvalue weighted by atomic mass is 16.7. The standard InChI is InChI=1S/C33H45NO5/c1-32-12-9-21(35)16-20(32)5-6-22-23-7-8-25(33(23,2)13-10-24(22)32)27(36)17-26-29-19(11-14-34(26)3)15-28-30(31(29)37-4)39-18-38-28/h5,15,21-26,35H,6-14,16-18H2,1-4H3/t21-,22-,23-,24-,25+,26+,32-,33-/m0/s1. The Balaban J connectivity index is 1.15. The van der Waals surface area contributed by atoms with Crippen LogP contribution < -0.4 is 14.2 Å². The van der Waals surface area contributed by atoms with Crippen LogP contribution in [0.2, 0.25) is 0 Å². The number of aliphatic hydroxyl groups is 1. The second-order valence-electron chi connectivity index (χ2n) is 14.0. The molecule has 2 heterocycles. The number of benzene rings is 1. The Labute approximate surface area is 233 Å². The zero-order valence-electron chi connectivity index (χ0n) is 24.1. The van der Waals surface area contributed by atoms with E-state index in [2.05, 4.69) is 37.9 Å². The second kappa shape index (κ2) is 9.24. The Bertz CT molecular complexity index is 1210. The Morgan fingerprint density at radius 1 is 1.15 bits per heavy atom. The number of hydrogen-bond acceptors (Lipinski definition) is 6. The summed E-state index contributed by atoms with van der Waals surface area (Å²) in [7, 11) is 3.84. The van der Waals surface area contributed by atoms with Gasteiger partial charge in [-0.25, -0.2) is 0 Å². The van der Waals surface area contributed by atoms with E-state index in [4.69, 9.17) is 14.2 Å². The molecule has 0 unspecified atom stereocenters. The molecule has 0 aromatic heterocycles. The number of carbonyl (C=O) groups is 1. The molecule has 0 bridgehead atoms. The van der Waals surface area contributed by atoms with E-state index < -0.39 is 0 Å². The summed E-state index contributed by atoms with van der Waals surface area (Å²) in [6, 6.07) is 2.10. The number of fused-ring (bicyclic) bond motifs is 7. The Hall–Kier alpha value is -2.05. The zero-order valence-corrected chi connectivity index (χ0v) is 24.1. The van der Waals surface area contributed by atoms with Crippen LogP contribution in [0, 0.1) is 34.5 Å². The van der Waals surface area contributed by atoms with Crippen LogP contribution in [0.25, 0.3) is 0 Å². The molecule has 212 valence electrons. The molecule has 0 radical (unpaired) electrons. The lowest BCUT2D eigenvalue weighted by Gasteiger charge is -2.58. The summed E-state index contributed by atoms with van der Waals surface area (Å²) in [5.41, 5.74) is 4.18. The quantitative estimate of drug-likeness (QED) is 0.488. The first-order valence-corrected chi connectivity index (χ1v) is 15.3. The predicted molar refractivity (Wildman–Crippen MR) is 149 cm³/mol. The molecule has 1 N–H and O–H groups in total. The number of carbonyl (C=O) groups excluding carboxylic acids is 1. The fourth-order valence-corrected chi connectivity index (χ4v) is 10.3. The van der Waals surface area contributed by atoms with Crippen LogP contribution in [0.4, 0.5) is 0 Å². The minimum absolute atomic E-state index is 0.00237. The first kappa shape index (κ1) is 25.9. The number of allylic oxidation sites excluding steroid dienone is 1. The molecule has 0 saturated heterocycles. The molecule has 4 aliphatic carbocycles. The van der Waals surface area contributed by atoms with Crippen molar-refractivity contribution in [3.05, 3.63) is 28.8 Å². The van der Waals surface area contributed by atoms with Gasteiger partial charge >= 0.3 is 0 Å². The number of Topliss-reactive ketones (excluding diaryl/α,β-unsaturated/α-hetero) is 1. The van der Waals surface area contributed by atoms with E-state index in [1.807, 2.05) is 0 Å². The third-order valence-corrected chi connectivity index (χ3v) is 12.4. The van der Waals surface area contributed by atoms with Crippen LogP contribution in [-0.2, 0) is 11.2 Å². The van der Waals surface area contributed by atoms with Gasteiger partial charge in [0.05, 0.1) is 13.2 Å². The summed E-state index contributed by atoms with van der Waals surface area (Å²) in [4.78, 5) is 16.6. The number of hydrogen-bond donors (Lipinski definition) is 1.